The first-order valence-corrected chi connectivity index (χ1v) is 9.16. The average Bonchev–Trinajstić information content (AvgIpc) is 3.23. The van der Waals surface area contributed by atoms with Crippen molar-refractivity contribution >= 4 is 17.2 Å². The highest BCUT2D eigenvalue weighted by atomic mass is 32.1. The van der Waals surface area contributed by atoms with Gasteiger partial charge in [0.2, 0.25) is 5.91 Å². The first kappa shape index (κ1) is 16.9. The second-order valence-electron chi connectivity index (χ2n) is 6.13. The maximum atomic E-state index is 12.4. The molecule has 1 aromatic carbocycles. The lowest BCUT2D eigenvalue weighted by atomic mass is 10.2. The Labute approximate surface area is 146 Å². The van der Waals surface area contributed by atoms with Crippen LogP contribution in [-0.4, -0.2) is 34.9 Å². The molecule has 0 bridgehead atoms. The van der Waals surface area contributed by atoms with Crippen LogP contribution in [0.15, 0.2) is 29.6 Å². The van der Waals surface area contributed by atoms with Crippen molar-refractivity contribution in [2.24, 2.45) is 5.73 Å². The summed E-state index contributed by atoms with van der Waals surface area (Å²) in [5.41, 5.74) is 7.76. The molecule has 1 aliphatic heterocycles. The number of benzene rings is 1. The normalized spacial score (nSPS) is 17.2. The molecule has 0 radical (unpaired) electrons. The summed E-state index contributed by atoms with van der Waals surface area (Å²) in [6, 6.07) is 8.14. The van der Waals surface area contributed by atoms with Gasteiger partial charge in [0, 0.05) is 24.5 Å². The highest BCUT2D eigenvalue weighted by Gasteiger charge is 2.27. The molecule has 1 atom stereocenters. The van der Waals surface area contributed by atoms with Gasteiger partial charge in [0.1, 0.15) is 17.4 Å². The number of carbonyl (C=O) groups is 1. The Balaban J connectivity index is 1.53. The molecule has 1 aromatic heterocycles. The van der Waals surface area contributed by atoms with E-state index in [1.54, 1.807) is 0 Å². The highest BCUT2D eigenvalue weighted by molar-refractivity contribution is 7.09. The molecular formula is C18H23N3O2S. The van der Waals surface area contributed by atoms with E-state index < -0.39 is 0 Å². The topological polar surface area (TPSA) is 68.5 Å². The molecule has 2 aromatic rings. The molecular weight excluding hydrogens is 322 g/mol. The van der Waals surface area contributed by atoms with Gasteiger partial charge in [0.05, 0.1) is 12.1 Å². The number of hydrogen-bond acceptors (Lipinski definition) is 5. The van der Waals surface area contributed by atoms with Gasteiger partial charge < -0.3 is 15.4 Å². The lowest BCUT2D eigenvalue weighted by Gasteiger charge is -2.23. The second kappa shape index (κ2) is 7.77. The zero-order chi connectivity index (χ0) is 16.9. The largest absolute Gasteiger partial charge is 0.486 e. The predicted octanol–water partition coefficient (Wildman–Crippen LogP) is 2.52. The molecule has 128 valence electrons. The Bertz CT molecular complexity index is 684. The van der Waals surface area contributed by atoms with Gasteiger partial charge in [-0.2, -0.15) is 0 Å². The number of thiazole rings is 1. The van der Waals surface area contributed by atoms with Crippen LogP contribution in [0.4, 0.5) is 0 Å². The number of amides is 1. The molecule has 0 saturated carbocycles. The molecule has 24 heavy (non-hydrogen) atoms. The summed E-state index contributed by atoms with van der Waals surface area (Å²) in [7, 11) is 0. The van der Waals surface area contributed by atoms with Crippen LogP contribution in [0.25, 0.3) is 0 Å². The van der Waals surface area contributed by atoms with Gasteiger partial charge >= 0.3 is 0 Å². The summed E-state index contributed by atoms with van der Waals surface area (Å²) in [6.07, 6.45) is 2.40. The van der Waals surface area contributed by atoms with Crippen molar-refractivity contribution < 1.29 is 9.53 Å². The maximum absolute atomic E-state index is 12.4. The van der Waals surface area contributed by atoms with Crippen LogP contribution in [0.2, 0.25) is 0 Å². The number of nitrogens with zero attached hydrogens (tertiary/aromatic N) is 2. The van der Waals surface area contributed by atoms with E-state index in [1.165, 1.54) is 16.9 Å². The molecule has 3 rings (SSSR count). The van der Waals surface area contributed by atoms with E-state index in [1.807, 2.05) is 41.5 Å². The number of rotatable bonds is 6. The van der Waals surface area contributed by atoms with Gasteiger partial charge in [-0.15, -0.1) is 11.3 Å². The zero-order valence-electron chi connectivity index (χ0n) is 13.9. The molecule has 1 unspecified atom stereocenters. The fraction of sp³-hybridized carbons (Fsp3) is 0.444. The predicted molar refractivity (Wildman–Crippen MR) is 95.1 cm³/mol. The van der Waals surface area contributed by atoms with Crippen molar-refractivity contribution in [3.8, 4) is 5.75 Å². The minimum Gasteiger partial charge on any atom is -0.486 e. The van der Waals surface area contributed by atoms with E-state index in [2.05, 4.69) is 4.98 Å². The van der Waals surface area contributed by atoms with Crippen LogP contribution in [-0.2, 0) is 17.8 Å². The lowest BCUT2D eigenvalue weighted by Crippen LogP contribution is -2.40. The van der Waals surface area contributed by atoms with Crippen molar-refractivity contribution in [2.75, 3.05) is 13.1 Å². The summed E-state index contributed by atoms with van der Waals surface area (Å²) in [4.78, 5) is 18.8. The quantitative estimate of drug-likeness (QED) is 0.873. The number of hydrogen-bond donors (Lipinski definition) is 1. The summed E-state index contributed by atoms with van der Waals surface area (Å²) in [5, 5.41) is 2.83. The van der Waals surface area contributed by atoms with Gasteiger partial charge in [-0.3, -0.25) is 4.79 Å². The van der Waals surface area contributed by atoms with Crippen LogP contribution in [0, 0.1) is 6.92 Å². The van der Waals surface area contributed by atoms with Crippen molar-refractivity contribution in [1.29, 1.82) is 0 Å². The number of nitrogens with two attached hydrogens (primary N) is 1. The Hall–Kier alpha value is -1.92. The number of aromatic nitrogens is 1. The van der Waals surface area contributed by atoms with Crippen molar-refractivity contribution in [3.63, 3.8) is 0 Å². The second-order valence-corrected chi connectivity index (χ2v) is 7.07. The summed E-state index contributed by atoms with van der Waals surface area (Å²) < 4.78 is 5.74. The molecule has 2 N–H and O–H groups in total. The van der Waals surface area contributed by atoms with Gasteiger partial charge in [-0.05, 0) is 31.9 Å². The fourth-order valence-corrected chi connectivity index (χ4v) is 3.65. The van der Waals surface area contributed by atoms with Crippen LogP contribution in [0.3, 0.4) is 0 Å². The first-order chi connectivity index (χ1) is 11.7. The van der Waals surface area contributed by atoms with Gasteiger partial charge in [0.15, 0.2) is 0 Å². The van der Waals surface area contributed by atoms with Crippen molar-refractivity contribution in [3.05, 3.63) is 45.9 Å². The van der Waals surface area contributed by atoms with Crippen LogP contribution < -0.4 is 10.5 Å². The summed E-state index contributed by atoms with van der Waals surface area (Å²) >= 11 is 1.53. The Morgan fingerprint density at radius 3 is 2.96 bits per heavy atom. The molecule has 5 nitrogen and oxygen atoms in total. The van der Waals surface area contributed by atoms with Crippen molar-refractivity contribution in [1.82, 2.24) is 9.88 Å². The molecule has 0 aliphatic carbocycles. The Kier molecular flexibility index (Phi) is 5.48. The maximum Gasteiger partial charge on any atom is 0.228 e. The smallest absolute Gasteiger partial charge is 0.228 e. The van der Waals surface area contributed by atoms with E-state index in [0.717, 1.165) is 35.8 Å². The molecule has 1 aliphatic rings. The first-order valence-electron chi connectivity index (χ1n) is 8.28. The SMILES string of the molecule is Cc1ccc(OCc2nc(CC(=O)N3CCCC3CN)cs2)cc1. The number of ether oxygens (including phenoxy) is 1. The van der Waals surface area contributed by atoms with Gasteiger partial charge in [-0.1, -0.05) is 17.7 Å². The van der Waals surface area contributed by atoms with Crippen molar-refractivity contribution in [2.45, 2.75) is 38.8 Å². The standard InChI is InChI=1S/C18H23N3O2S/c1-13-4-6-16(7-5-13)23-11-17-20-14(12-24-17)9-18(22)21-8-2-3-15(21)10-19/h4-7,12,15H,2-3,8-11,19H2,1H3. The lowest BCUT2D eigenvalue weighted by molar-refractivity contribution is -0.131. The zero-order valence-corrected chi connectivity index (χ0v) is 14.7. The van der Waals surface area contributed by atoms with Crippen LogP contribution in [0.5, 0.6) is 5.75 Å². The fourth-order valence-electron chi connectivity index (χ4n) is 2.94. The van der Waals surface area contributed by atoms with Crippen LogP contribution >= 0.6 is 11.3 Å². The molecule has 1 fully saturated rings. The molecule has 1 saturated heterocycles. The Morgan fingerprint density at radius 2 is 2.21 bits per heavy atom. The molecule has 2 heterocycles. The highest BCUT2D eigenvalue weighted by Crippen LogP contribution is 2.19. The summed E-state index contributed by atoms with van der Waals surface area (Å²) in [6.45, 7) is 3.83. The van der Waals surface area contributed by atoms with Gasteiger partial charge in [0.25, 0.3) is 0 Å². The third-order valence-corrected chi connectivity index (χ3v) is 5.16. The molecule has 0 spiro atoms. The van der Waals surface area contributed by atoms with Crippen LogP contribution in [0.1, 0.15) is 29.1 Å². The number of aryl methyl sites for hydroxylation is 1. The van der Waals surface area contributed by atoms with E-state index >= 15 is 0 Å². The third-order valence-electron chi connectivity index (χ3n) is 4.28. The number of carbonyl (C=O) groups excluding carboxylic acids is 1. The average molecular weight is 345 g/mol. The molecule has 6 heteroatoms. The van der Waals surface area contributed by atoms with E-state index in [-0.39, 0.29) is 11.9 Å². The minimum atomic E-state index is 0.124. The van der Waals surface area contributed by atoms with E-state index in [4.69, 9.17) is 10.5 Å². The molecule has 1 amide bonds. The third kappa shape index (κ3) is 4.13. The van der Waals surface area contributed by atoms with E-state index in [9.17, 15) is 4.79 Å². The Morgan fingerprint density at radius 1 is 1.42 bits per heavy atom. The van der Waals surface area contributed by atoms with E-state index in [0.29, 0.717) is 19.6 Å². The monoisotopic (exact) mass is 345 g/mol. The number of likely N-dealkylation sites (tertiary alicyclic amines) is 1. The summed E-state index contributed by atoms with van der Waals surface area (Å²) in [5.74, 6) is 0.954. The van der Waals surface area contributed by atoms with Gasteiger partial charge in [-0.25, -0.2) is 4.98 Å². The minimum absolute atomic E-state index is 0.124.